The summed E-state index contributed by atoms with van der Waals surface area (Å²) >= 11 is 0. The Kier molecular flexibility index (Phi) is 4.59. The minimum absolute atomic E-state index is 0.256. The van der Waals surface area contributed by atoms with Crippen LogP contribution in [0.4, 0.5) is 26.3 Å². The molecule has 1 aromatic rings. The molecule has 0 spiro atoms. The number of nitriles is 1. The van der Waals surface area contributed by atoms with Gasteiger partial charge in [-0.1, -0.05) is 13.8 Å². The lowest BCUT2D eigenvalue weighted by atomic mass is 10.1. The van der Waals surface area contributed by atoms with E-state index in [1.165, 1.54) is 19.9 Å². The molecular formula is C16H11F6NO2. The van der Waals surface area contributed by atoms with Crippen molar-refractivity contribution in [2.24, 2.45) is 17.3 Å². The molecule has 1 fully saturated rings. The lowest BCUT2D eigenvalue weighted by molar-refractivity contribution is -0.243. The van der Waals surface area contributed by atoms with E-state index in [2.05, 4.69) is 4.74 Å². The van der Waals surface area contributed by atoms with E-state index in [-0.39, 0.29) is 12.1 Å². The summed E-state index contributed by atoms with van der Waals surface area (Å²) in [4.78, 5) is 11.9. The first-order chi connectivity index (χ1) is 11.4. The van der Waals surface area contributed by atoms with Crippen LogP contribution in [0.5, 0.6) is 0 Å². The number of carbonyl (C=O) groups excluding carboxylic acids is 1. The first-order valence-corrected chi connectivity index (χ1v) is 6.95. The van der Waals surface area contributed by atoms with Crippen molar-refractivity contribution in [2.45, 2.75) is 20.0 Å². The maximum absolute atomic E-state index is 14.0. The molecule has 0 amide bonds. The van der Waals surface area contributed by atoms with Gasteiger partial charge in [-0.25, -0.2) is 13.2 Å². The lowest BCUT2D eigenvalue weighted by Gasteiger charge is -2.18. The highest BCUT2D eigenvalue weighted by molar-refractivity contribution is 5.78. The van der Waals surface area contributed by atoms with Gasteiger partial charge in [0, 0.05) is 5.92 Å². The maximum Gasteiger partial charge on any atom is 0.431 e. The van der Waals surface area contributed by atoms with E-state index in [1.807, 2.05) is 0 Å². The van der Waals surface area contributed by atoms with Crippen molar-refractivity contribution in [3.05, 3.63) is 47.1 Å². The highest BCUT2D eigenvalue weighted by Gasteiger charge is 2.63. The summed E-state index contributed by atoms with van der Waals surface area (Å²) < 4.78 is 84.3. The first kappa shape index (κ1) is 18.8. The van der Waals surface area contributed by atoms with Crippen molar-refractivity contribution < 1.29 is 35.9 Å². The van der Waals surface area contributed by atoms with Crippen LogP contribution in [0, 0.1) is 46.0 Å². The molecule has 25 heavy (non-hydrogen) atoms. The number of hydrogen-bond acceptors (Lipinski definition) is 3. The molecule has 1 aromatic carbocycles. The molecule has 0 saturated heterocycles. The third-order valence-corrected chi connectivity index (χ3v) is 4.17. The van der Waals surface area contributed by atoms with Crippen molar-refractivity contribution in [1.29, 1.82) is 5.26 Å². The van der Waals surface area contributed by atoms with Gasteiger partial charge in [0.25, 0.3) is 0 Å². The Morgan fingerprint density at radius 1 is 1.28 bits per heavy atom. The van der Waals surface area contributed by atoms with Gasteiger partial charge >= 0.3 is 12.1 Å². The fourth-order valence-electron chi connectivity index (χ4n) is 2.63. The number of ether oxygens (including phenoxy) is 1. The van der Waals surface area contributed by atoms with Crippen molar-refractivity contribution in [2.75, 3.05) is 0 Å². The molecule has 0 heterocycles. The van der Waals surface area contributed by atoms with Crippen molar-refractivity contribution in [3.8, 4) is 6.07 Å². The number of carbonyl (C=O) groups is 1. The molecule has 0 bridgehead atoms. The van der Waals surface area contributed by atoms with Crippen LogP contribution in [0.1, 0.15) is 19.4 Å². The average molecular weight is 363 g/mol. The summed E-state index contributed by atoms with van der Waals surface area (Å²) in [5.74, 6) is -10.7. The van der Waals surface area contributed by atoms with Crippen LogP contribution in [-0.2, 0) is 15.6 Å². The number of benzene rings is 1. The molecule has 0 unspecified atom stereocenters. The smallest absolute Gasteiger partial charge is 0.397 e. The molecule has 9 heteroatoms. The molecule has 3 nitrogen and oxygen atoms in total. The largest absolute Gasteiger partial charge is 0.431 e. The van der Waals surface area contributed by atoms with Crippen LogP contribution in [0.2, 0.25) is 0 Å². The second kappa shape index (κ2) is 6.10. The summed E-state index contributed by atoms with van der Waals surface area (Å²) in [5.41, 5.74) is -2.61. The van der Waals surface area contributed by atoms with Crippen LogP contribution < -0.4 is 0 Å². The van der Waals surface area contributed by atoms with Gasteiger partial charge in [0.1, 0.15) is 11.6 Å². The monoisotopic (exact) mass is 363 g/mol. The minimum atomic E-state index is -4.56. The van der Waals surface area contributed by atoms with E-state index in [0.717, 1.165) is 6.08 Å². The third kappa shape index (κ3) is 3.34. The maximum atomic E-state index is 14.0. The van der Waals surface area contributed by atoms with Crippen LogP contribution in [-0.4, -0.2) is 5.97 Å². The molecule has 2 atom stereocenters. The lowest BCUT2D eigenvalue weighted by Crippen LogP contribution is -2.26. The number of allylic oxidation sites excluding steroid dienone is 2. The predicted molar refractivity (Wildman–Crippen MR) is 71.9 cm³/mol. The highest BCUT2D eigenvalue weighted by Crippen LogP contribution is 2.60. The number of nitrogens with zero attached hydrogens (tertiary/aromatic N) is 1. The zero-order valence-electron chi connectivity index (χ0n) is 12.9. The minimum Gasteiger partial charge on any atom is -0.397 e. The fraction of sp³-hybridized carbons (Fsp3) is 0.375. The Bertz CT molecular complexity index is 797. The van der Waals surface area contributed by atoms with Crippen molar-refractivity contribution in [3.63, 3.8) is 0 Å². The Morgan fingerprint density at radius 3 is 2.44 bits per heavy atom. The highest BCUT2D eigenvalue weighted by atomic mass is 19.3. The molecule has 0 N–H and O–H groups in total. The SMILES string of the molecule is CC1(C)[C@H](C(=O)OC(F)(F)c2ccc(F)c(F)c2F)[C@@H]1C=C(F)C#N. The zero-order valence-corrected chi connectivity index (χ0v) is 12.9. The summed E-state index contributed by atoms with van der Waals surface area (Å²) in [5, 5.41) is 8.38. The van der Waals surface area contributed by atoms with Crippen molar-refractivity contribution >= 4 is 5.97 Å². The predicted octanol–water partition coefficient (Wildman–Crippen LogP) is 4.35. The topological polar surface area (TPSA) is 50.1 Å². The molecule has 0 aromatic heterocycles. The molecule has 0 radical (unpaired) electrons. The van der Waals surface area contributed by atoms with Crippen LogP contribution >= 0.6 is 0 Å². The second-order valence-electron chi connectivity index (χ2n) is 6.11. The normalized spacial score (nSPS) is 22.3. The third-order valence-electron chi connectivity index (χ3n) is 4.17. The summed E-state index contributed by atoms with van der Waals surface area (Å²) in [6, 6.07) is 1.72. The zero-order chi connectivity index (χ0) is 19.2. The van der Waals surface area contributed by atoms with Gasteiger partial charge in [0.05, 0.1) is 5.92 Å². The Balaban J connectivity index is 2.23. The second-order valence-corrected chi connectivity index (χ2v) is 6.11. The standard InChI is InChI=1S/C16H11F6NO2/c1-15(2)9(5-7(17)6-23)11(15)14(24)25-16(21,22)8-3-4-10(18)13(20)12(8)19/h3-5,9,11H,1-2H3/t9-,11-/m0/s1. The number of alkyl halides is 2. The van der Waals surface area contributed by atoms with E-state index >= 15 is 0 Å². The van der Waals surface area contributed by atoms with Gasteiger partial charge in [-0.2, -0.15) is 18.4 Å². The Hall–Kier alpha value is -2.50. The fourth-order valence-corrected chi connectivity index (χ4v) is 2.63. The van der Waals surface area contributed by atoms with E-state index in [9.17, 15) is 31.1 Å². The quantitative estimate of drug-likeness (QED) is 0.346. The van der Waals surface area contributed by atoms with Gasteiger partial charge in [0.2, 0.25) is 0 Å². The first-order valence-electron chi connectivity index (χ1n) is 6.95. The average Bonchev–Trinajstić information content (AvgIpc) is 3.04. The van der Waals surface area contributed by atoms with Gasteiger partial charge in [-0.05, 0) is 23.6 Å². The van der Waals surface area contributed by atoms with Gasteiger partial charge in [-0.15, -0.1) is 0 Å². The number of halogens is 6. The van der Waals surface area contributed by atoms with Crippen LogP contribution in [0.3, 0.4) is 0 Å². The van der Waals surface area contributed by atoms with E-state index in [4.69, 9.17) is 5.26 Å². The summed E-state index contributed by atoms with van der Waals surface area (Å²) in [6.45, 7) is 2.92. The molecule has 1 saturated carbocycles. The van der Waals surface area contributed by atoms with Crippen LogP contribution in [0.15, 0.2) is 24.0 Å². The Labute approximate surface area is 138 Å². The molecular weight excluding hydrogens is 352 g/mol. The number of hydrogen-bond donors (Lipinski definition) is 0. The van der Waals surface area contributed by atoms with E-state index in [1.54, 1.807) is 0 Å². The van der Waals surface area contributed by atoms with E-state index in [0.29, 0.717) is 0 Å². The molecule has 1 aliphatic rings. The number of esters is 1. The van der Waals surface area contributed by atoms with Gasteiger partial charge < -0.3 is 4.74 Å². The Morgan fingerprint density at radius 2 is 1.88 bits per heavy atom. The van der Waals surface area contributed by atoms with E-state index < -0.39 is 58.2 Å². The molecule has 2 rings (SSSR count). The van der Waals surface area contributed by atoms with Crippen molar-refractivity contribution in [1.82, 2.24) is 0 Å². The van der Waals surface area contributed by atoms with Gasteiger partial charge in [0.15, 0.2) is 23.3 Å². The summed E-state index contributed by atoms with van der Waals surface area (Å²) in [7, 11) is 0. The summed E-state index contributed by atoms with van der Waals surface area (Å²) in [6.07, 6.45) is -3.75. The molecule has 0 aliphatic heterocycles. The van der Waals surface area contributed by atoms with Crippen LogP contribution in [0.25, 0.3) is 0 Å². The van der Waals surface area contributed by atoms with Gasteiger partial charge in [-0.3, -0.25) is 4.79 Å². The molecule has 1 aliphatic carbocycles. The molecule has 134 valence electrons. The number of rotatable bonds is 4.